The van der Waals surface area contributed by atoms with Crippen LogP contribution in [0.15, 0.2) is 0 Å². The molecule has 0 spiro atoms. The molecule has 7 atom stereocenters. The molecule has 5 heteroatoms. The Morgan fingerprint density at radius 1 is 1.07 bits per heavy atom. The summed E-state index contributed by atoms with van der Waals surface area (Å²) >= 11 is 0. The molecule has 0 bridgehead atoms. The molecule has 0 aliphatic heterocycles. The second-order valence-electron chi connectivity index (χ2n) is 10.5. The van der Waals surface area contributed by atoms with Crippen molar-refractivity contribution in [3.63, 3.8) is 0 Å². The lowest BCUT2D eigenvalue weighted by Crippen LogP contribution is -2.52. The Bertz CT molecular complexity index is 489. The number of hydrogen-bond acceptors (Lipinski definition) is 5. The normalized spacial score (nSPS) is 34.2. The molecule has 2 rings (SSSR count). The van der Waals surface area contributed by atoms with E-state index in [0.717, 1.165) is 50.9 Å². The molecular formula is C24H49N3O2. The van der Waals surface area contributed by atoms with E-state index < -0.39 is 6.23 Å². The summed E-state index contributed by atoms with van der Waals surface area (Å²) in [5.41, 5.74) is 0.500. The monoisotopic (exact) mass is 411 g/mol. The highest BCUT2D eigenvalue weighted by Crippen LogP contribution is 2.71. The number of hydrogen-bond donors (Lipinski definition) is 4. The van der Waals surface area contributed by atoms with Crippen molar-refractivity contribution in [3.05, 3.63) is 0 Å². The fourth-order valence-electron chi connectivity index (χ4n) is 5.52. The number of ether oxygens (including phenoxy) is 1. The van der Waals surface area contributed by atoms with Crippen molar-refractivity contribution in [2.45, 2.75) is 104 Å². The fraction of sp³-hybridized carbons (Fsp3) is 1.00. The second kappa shape index (κ2) is 10.9. The lowest BCUT2D eigenvalue weighted by atomic mass is 9.87. The van der Waals surface area contributed by atoms with Gasteiger partial charge in [-0.15, -0.1) is 0 Å². The van der Waals surface area contributed by atoms with E-state index in [1.165, 1.54) is 12.8 Å². The quantitative estimate of drug-likeness (QED) is 0.231. The van der Waals surface area contributed by atoms with E-state index >= 15 is 0 Å². The number of rotatable bonds is 16. The van der Waals surface area contributed by atoms with Crippen molar-refractivity contribution in [1.82, 2.24) is 16.0 Å². The van der Waals surface area contributed by atoms with Gasteiger partial charge in [-0.25, -0.2) is 0 Å². The Labute approximate surface area is 180 Å². The number of aliphatic hydroxyl groups excluding tert-OH is 1. The lowest BCUT2D eigenvalue weighted by Gasteiger charge is -2.31. The van der Waals surface area contributed by atoms with Crippen LogP contribution >= 0.6 is 0 Å². The van der Waals surface area contributed by atoms with E-state index in [9.17, 15) is 5.11 Å². The van der Waals surface area contributed by atoms with Gasteiger partial charge in [0.2, 0.25) is 0 Å². The van der Waals surface area contributed by atoms with Gasteiger partial charge in [0.25, 0.3) is 0 Å². The van der Waals surface area contributed by atoms with Gasteiger partial charge in [0.15, 0.2) is 0 Å². The van der Waals surface area contributed by atoms with E-state index in [1.807, 2.05) is 6.92 Å². The average Bonchev–Trinajstić information content (AvgIpc) is 3.53. The third-order valence-electron chi connectivity index (χ3n) is 7.72. The molecule has 0 amide bonds. The van der Waals surface area contributed by atoms with Crippen molar-refractivity contribution >= 4 is 0 Å². The van der Waals surface area contributed by atoms with Gasteiger partial charge in [-0.2, -0.15) is 0 Å². The Balaban J connectivity index is 1.61. The lowest BCUT2D eigenvalue weighted by molar-refractivity contribution is 0.0859. The maximum absolute atomic E-state index is 10.7. The highest BCUT2D eigenvalue weighted by Gasteiger charge is 2.72. The summed E-state index contributed by atoms with van der Waals surface area (Å²) in [5, 5.41) is 21.4. The summed E-state index contributed by atoms with van der Waals surface area (Å²) < 4.78 is 5.40. The molecule has 2 aliphatic rings. The molecule has 2 saturated carbocycles. The van der Waals surface area contributed by atoms with Crippen LogP contribution in [0.1, 0.15) is 80.6 Å². The predicted octanol–water partition coefficient (Wildman–Crippen LogP) is 3.52. The molecule has 29 heavy (non-hydrogen) atoms. The molecule has 0 aromatic rings. The first kappa shape index (κ1) is 25.1. The molecule has 2 aliphatic carbocycles. The standard InChI is InChI=1S/C24H49N3O2/c1-8-29-13-9-10-19(5)25-12-11-20(6)26-16-22(28)27-24(14-18(24)4)23(7)15-21(23)17(2)3/h17-22,25-28H,8-16H2,1-7H3/t18-,19-,20-,21+,22-,23-,24?/m0/s1. The van der Waals surface area contributed by atoms with Crippen LogP contribution in [-0.4, -0.2) is 55.3 Å². The maximum atomic E-state index is 10.7. The average molecular weight is 412 g/mol. The fourth-order valence-corrected chi connectivity index (χ4v) is 5.52. The Morgan fingerprint density at radius 2 is 1.72 bits per heavy atom. The van der Waals surface area contributed by atoms with Gasteiger partial charge in [0, 0.05) is 37.4 Å². The molecule has 0 saturated heterocycles. The van der Waals surface area contributed by atoms with E-state index in [-0.39, 0.29) is 5.54 Å². The minimum absolute atomic E-state index is 0.144. The van der Waals surface area contributed by atoms with Crippen molar-refractivity contribution in [2.24, 2.45) is 23.2 Å². The molecule has 4 N–H and O–H groups in total. The molecule has 5 nitrogen and oxygen atoms in total. The molecule has 0 aromatic carbocycles. The third kappa shape index (κ3) is 6.64. The van der Waals surface area contributed by atoms with E-state index in [2.05, 4.69) is 57.5 Å². The van der Waals surface area contributed by atoms with Gasteiger partial charge in [0.05, 0.1) is 0 Å². The van der Waals surface area contributed by atoms with E-state index in [0.29, 0.717) is 30.0 Å². The first-order valence-electron chi connectivity index (χ1n) is 12.2. The summed E-state index contributed by atoms with van der Waals surface area (Å²) in [6.45, 7) is 19.2. The van der Waals surface area contributed by atoms with Gasteiger partial charge in [-0.1, -0.05) is 27.7 Å². The number of aliphatic hydroxyl groups is 1. The predicted molar refractivity (Wildman–Crippen MR) is 122 cm³/mol. The molecule has 0 aromatic heterocycles. The van der Waals surface area contributed by atoms with Crippen LogP contribution in [0.5, 0.6) is 0 Å². The van der Waals surface area contributed by atoms with Gasteiger partial charge in [0.1, 0.15) is 6.23 Å². The summed E-state index contributed by atoms with van der Waals surface area (Å²) in [4.78, 5) is 0. The highest BCUT2D eigenvalue weighted by atomic mass is 16.5. The van der Waals surface area contributed by atoms with Crippen LogP contribution in [0.3, 0.4) is 0 Å². The second-order valence-corrected chi connectivity index (χ2v) is 10.5. The van der Waals surface area contributed by atoms with Gasteiger partial charge in [-0.05, 0) is 82.6 Å². The first-order chi connectivity index (χ1) is 13.7. The Hall–Kier alpha value is -0.200. The van der Waals surface area contributed by atoms with Crippen LogP contribution in [0.2, 0.25) is 0 Å². The molecule has 1 unspecified atom stereocenters. The van der Waals surface area contributed by atoms with Crippen molar-refractivity contribution in [1.29, 1.82) is 0 Å². The van der Waals surface area contributed by atoms with Gasteiger partial charge < -0.3 is 20.5 Å². The minimum Gasteiger partial charge on any atom is -0.382 e. The topological polar surface area (TPSA) is 65.5 Å². The number of nitrogens with one attached hydrogen (secondary N) is 3. The summed E-state index contributed by atoms with van der Waals surface area (Å²) in [6.07, 6.45) is 5.36. The maximum Gasteiger partial charge on any atom is 0.117 e. The van der Waals surface area contributed by atoms with Gasteiger partial charge >= 0.3 is 0 Å². The van der Waals surface area contributed by atoms with Crippen LogP contribution in [0, 0.1) is 23.2 Å². The zero-order valence-electron chi connectivity index (χ0n) is 20.2. The first-order valence-corrected chi connectivity index (χ1v) is 12.2. The Morgan fingerprint density at radius 3 is 2.28 bits per heavy atom. The molecule has 172 valence electrons. The zero-order valence-corrected chi connectivity index (χ0v) is 20.2. The molecular weight excluding hydrogens is 362 g/mol. The van der Waals surface area contributed by atoms with Crippen LogP contribution in [0.25, 0.3) is 0 Å². The Kier molecular flexibility index (Phi) is 9.42. The van der Waals surface area contributed by atoms with Crippen molar-refractivity contribution < 1.29 is 9.84 Å². The molecule has 0 heterocycles. The van der Waals surface area contributed by atoms with E-state index in [4.69, 9.17) is 4.74 Å². The van der Waals surface area contributed by atoms with E-state index in [1.54, 1.807) is 0 Å². The van der Waals surface area contributed by atoms with Crippen LogP contribution < -0.4 is 16.0 Å². The van der Waals surface area contributed by atoms with Gasteiger partial charge in [-0.3, -0.25) is 5.32 Å². The summed E-state index contributed by atoms with van der Waals surface area (Å²) in [7, 11) is 0. The minimum atomic E-state index is -0.474. The third-order valence-corrected chi connectivity index (χ3v) is 7.72. The zero-order chi connectivity index (χ0) is 21.7. The highest BCUT2D eigenvalue weighted by molar-refractivity contribution is 5.26. The van der Waals surface area contributed by atoms with Crippen LogP contribution in [-0.2, 0) is 4.74 Å². The smallest absolute Gasteiger partial charge is 0.117 e. The summed E-state index contributed by atoms with van der Waals surface area (Å²) in [6, 6.07) is 0.918. The van der Waals surface area contributed by atoms with Crippen molar-refractivity contribution in [2.75, 3.05) is 26.3 Å². The molecule has 2 fully saturated rings. The molecule has 0 radical (unpaired) electrons. The van der Waals surface area contributed by atoms with Crippen LogP contribution in [0.4, 0.5) is 0 Å². The SMILES string of the molecule is CCOCCC[C@H](C)NCC[C@H](C)NC[C@H](O)NC1([C@@]2(C)C[C@@H]2C(C)C)C[C@@H]1C. The van der Waals surface area contributed by atoms with Crippen molar-refractivity contribution in [3.8, 4) is 0 Å². The summed E-state index contributed by atoms with van der Waals surface area (Å²) in [5.74, 6) is 2.19. The largest absolute Gasteiger partial charge is 0.382 e.